The summed E-state index contributed by atoms with van der Waals surface area (Å²) >= 11 is 1.61. The number of rotatable bonds is 8. The van der Waals surface area contributed by atoms with E-state index in [4.69, 9.17) is 0 Å². The van der Waals surface area contributed by atoms with E-state index in [1.54, 1.807) is 11.3 Å². The quantitative estimate of drug-likeness (QED) is 0.786. The zero-order chi connectivity index (χ0) is 14.4. The highest BCUT2D eigenvalue weighted by molar-refractivity contribution is 7.07. The summed E-state index contributed by atoms with van der Waals surface area (Å²) in [6.45, 7) is 5.61. The lowest BCUT2D eigenvalue weighted by atomic mass is 10.2. The lowest BCUT2D eigenvalue weighted by molar-refractivity contribution is 0.174. The van der Waals surface area contributed by atoms with Crippen molar-refractivity contribution in [2.45, 2.75) is 45.4 Å². The highest BCUT2D eigenvalue weighted by Crippen LogP contribution is 2.16. The summed E-state index contributed by atoms with van der Waals surface area (Å²) in [4.78, 5) is 0. The Morgan fingerprint density at radius 1 is 1.35 bits per heavy atom. The van der Waals surface area contributed by atoms with E-state index < -0.39 is 6.10 Å². The fourth-order valence-corrected chi connectivity index (χ4v) is 2.96. The molecule has 20 heavy (non-hydrogen) atoms. The Morgan fingerprint density at radius 3 is 2.80 bits per heavy atom. The summed E-state index contributed by atoms with van der Waals surface area (Å²) in [5, 5.41) is 21.8. The fraction of sp³-hybridized carbons (Fsp3) is 0.533. The summed E-state index contributed by atoms with van der Waals surface area (Å²) in [6.07, 6.45) is 3.80. The molecule has 0 aliphatic rings. The SMILES string of the molecule is CCC(CC)n1ccc(CNCC(O)c2ccsc2)n1. The van der Waals surface area contributed by atoms with Crippen LogP contribution in [-0.4, -0.2) is 21.4 Å². The number of aromatic nitrogens is 2. The van der Waals surface area contributed by atoms with Gasteiger partial charge in [0, 0.05) is 19.3 Å². The minimum atomic E-state index is -0.442. The van der Waals surface area contributed by atoms with E-state index >= 15 is 0 Å². The summed E-state index contributed by atoms with van der Waals surface area (Å²) < 4.78 is 2.05. The van der Waals surface area contributed by atoms with Gasteiger partial charge in [0.2, 0.25) is 0 Å². The van der Waals surface area contributed by atoms with Crippen molar-refractivity contribution in [1.29, 1.82) is 0 Å². The second kappa shape index (κ2) is 7.57. The fourth-order valence-electron chi connectivity index (χ4n) is 2.26. The van der Waals surface area contributed by atoms with E-state index in [1.807, 2.05) is 33.8 Å². The van der Waals surface area contributed by atoms with Crippen LogP contribution in [0.2, 0.25) is 0 Å². The van der Waals surface area contributed by atoms with Gasteiger partial charge in [-0.3, -0.25) is 4.68 Å². The molecular weight excluding hydrogens is 270 g/mol. The summed E-state index contributed by atoms with van der Waals surface area (Å²) in [5.41, 5.74) is 2.00. The molecular formula is C15H23N3OS. The van der Waals surface area contributed by atoms with Crippen LogP contribution in [0.15, 0.2) is 29.1 Å². The Bertz CT molecular complexity index is 491. The largest absolute Gasteiger partial charge is 0.387 e. The predicted molar refractivity (Wildman–Crippen MR) is 82.8 cm³/mol. The lowest BCUT2D eigenvalue weighted by Gasteiger charge is -2.12. The van der Waals surface area contributed by atoms with Gasteiger partial charge in [-0.1, -0.05) is 13.8 Å². The molecule has 0 aromatic carbocycles. The zero-order valence-corrected chi connectivity index (χ0v) is 12.9. The lowest BCUT2D eigenvalue weighted by Crippen LogP contribution is -2.21. The molecule has 0 spiro atoms. The molecule has 0 aliphatic heterocycles. The summed E-state index contributed by atoms with van der Waals surface area (Å²) in [6, 6.07) is 4.49. The van der Waals surface area contributed by atoms with E-state index in [1.165, 1.54) is 0 Å². The molecule has 2 aromatic rings. The average Bonchev–Trinajstić information content (AvgIpc) is 3.11. The van der Waals surface area contributed by atoms with Gasteiger partial charge in [-0.05, 0) is 41.3 Å². The number of hydrogen-bond donors (Lipinski definition) is 2. The van der Waals surface area contributed by atoms with Crippen LogP contribution < -0.4 is 5.32 Å². The predicted octanol–water partition coefficient (Wildman–Crippen LogP) is 3.13. The van der Waals surface area contributed by atoms with Gasteiger partial charge in [-0.2, -0.15) is 16.4 Å². The van der Waals surface area contributed by atoms with Crippen LogP contribution in [0.5, 0.6) is 0 Å². The van der Waals surface area contributed by atoms with Gasteiger partial charge in [0.1, 0.15) is 0 Å². The maximum Gasteiger partial charge on any atom is 0.0922 e. The van der Waals surface area contributed by atoms with Crippen LogP contribution >= 0.6 is 11.3 Å². The van der Waals surface area contributed by atoms with E-state index in [0.29, 0.717) is 19.1 Å². The van der Waals surface area contributed by atoms with Gasteiger partial charge in [0.25, 0.3) is 0 Å². The Labute approximate surface area is 124 Å². The summed E-state index contributed by atoms with van der Waals surface area (Å²) in [7, 11) is 0. The highest BCUT2D eigenvalue weighted by atomic mass is 32.1. The average molecular weight is 293 g/mol. The van der Waals surface area contributed by atoms with E-state index in [-0.39, 0.29) is 0 Å². The minimum Gasteiger partial charge on any atom is -0.387 e. The first-order chi connectivity index (χ1) is 9.74. The molecule has 0 amide bonds. The van der Waals surface area contributed by atoms with Gasteiger partial charge in [0.05, 0.1) is 17.8 Å². The number of nitrogens with zero attached hydrogens (tertiary/aromatic N) is 2. The first kappa shape index (κ1) is 15.2. The maximum atomic E-state index is 9.98. The van der Waals surface area contributed by atoms with Crippen LogP contribution in [0.1, 0.15) is 50.1 Å². The van der Waals surface area contributed by atoms with Gasteiger partial charge < -0.3 is 10.4 Å². The van der Waals surface area contributed by atoms with Gasteiger partial charge >= 0.3 is 0 Å². The van der Waals surface area contributed by atoms with Gasteiger partial charge in [-0.25, -0.2) is 0 Å². The van der Waals surface area contributed by atoms with E-state index in [2.05, 4.69) is 24.3 Å². The molecule has 0 bridgehead atoms. The number of hydrogen-bond acceptors (Lipinski definition) is 4. The van der Waals surface area contributed by atoms with Crippen molar-refractivity contribution < 1.29 is 5.11 Å². The number of thiophene rings is 1. The minimum absolute atomic E-state index is 0.442. The van der Waals surface area contributed by atoms with Crippen LogP contribution in [0.25, 0.3) is 0 Å². The molecule has 2 aromatic heterocycles. The number of aliphatic hydroxyl groups is 1. The second-order valence-electron chi connectivity index (χ2n) is 4.96. The molecule has 0 saturated heterocycles. The molecule has 1 atom stereocenters. The van der Waals surface area contributed by atoms with Crippen molar-refractivity contribution >= 4 is 11.3 Å². The molecule has 1 unspecified atom stereocenters. The normalized spacial score (nSPS) is 13.0. The van der Waals surface area contributed by atoms with Crippen LogP contribution in [0.3, 0.4) is 0 Å². The van der Waals surface area contributed by atoms with Crippen molar-refractivity contribution in [1.82, 2.24) is 15.1 Å². The Hall–Kier alpha value is -1.17. The zero-order valence-electron chi connectivity index (χ0n) is 12.1. The maximum absolute atomic E-state index is 9.98. The van der Waals surface area contributed by atoms with E-state index in [9.17, 15) is 5.11 Å². The number of aliphatic hydroxyl groups excluding tert-OH is 1. The second-order valence-corrected chi connectivity index (χ2v) is 5.74. The Balaban J connectivity index is 1.80. The molecule has 4 nitrogen and oxygen atoms in total. The molecule has 2 N–H and O–H groups in total. The molecule has 2 heterocycles. The smallest absolute Gasteiger partial charge is 0.0922 e. The topological polar surface area (TPSA) is 50.1 Å². The van der Waals surface area contributed by atoms with Crippen molar-refractivity contribution in [3.8, 4) is 0 Å². The van der Waals surface area contributed by atoms with Crippen molar-refractivity contribution in [2.75, 3.05) is 6.54 Å². The summed E-state index contributed by atoms with van der Waals surface area (Å²) in [5.74, 6) is 0. The number of nitrogens with one attached hydrogen (secondary N) is 1. The Kier molecular flexibility index (Phi) is 5.76. The van der Waals surface area contributed by atoms with Crippen molar-refractivity contribution in [3.63, 3.8) is 0 Å². The van der Waals surface area contributed by atoms with Crippen molar-refractivity contribution in [2.24, 2.45) is 0 Å². The monoisotopic (exact) mass is 293 g/mol. The molecule has 110 valence electrons. The molecule has 0 fully saturated rings. The molecule has 0 saturated carbocycles. The van der Waals surface area contributed by atoms with Gasteiger partial charge in [-0.15, -0.1) is 0 Å². The molecule has 0 radical (unpaired) electrons. The molecule has 0 aliphatic carbocycles. The first-order valence-corrected chi connectivity index (χ1v) is 8.13. The van der Waals surface area contributed by atoms with Crippen LogP contribution in [-0.2, 0) is 6.54 Å². The Morgan fingerprint density at radius 2 is 2.15 bits per heavy atom. The molecule has 5 heteroatoms. The molecule has 2 rings (SSSR count). The van der Waals surface area contributed by atoms with E-state index in [0.717, 1.165) is 24.1 Å². The third-order valence-corrected chi connectivity index (χ3v) is 4.25. The standard InChI is InChI=1S/C15H23N3OS/c1-3-14(4-2)18-7-5-13(17-18)9-16-10-15(19)12-6-8-20-11-12/h5-8,11,14-16,19H,3-4,9-10H2,1-2H3. The third kappa shape index (κ3) is 3.91. The third-order valence-electron chi connectivity index (χ3n) is 3.55. The van der Waals surface area contributed by atoms with Crippen molar-refractivity contribution in [3.05, 3.63) is 40.3 Å². The first-order valence-electron chi connectivity index (χ1n) is 7.19. The highest BCUT2D eigenvalue weighted by Gasteiger charge is 2.09. The van der Waals surface area contributed by atoms with Crippen LogP contribution in [0, 0.1) is 0 Å². The van der Waals surface area contributed by atoms with Crippen LogP contribution in [0.4, 0.5) is 0 Å². The van der Waals surface area contributed by atoms with Gasteiger partial charge in [0.15, 0.2) is 0 Å².